The van der Waals surface area contributed by atoms with Gasteiger partial charge in [-0.3, -0.25) is 0 Å². The van der Waals surface area contributed by atoms with Gasteiger partial charge in [-0.2, -0.15) is 11.3 Å². The van der Waals surface area contributed by atoms with E-state index in [0.717, 1.165) is 32.0 Å². The summed E-state index contributed by atoms with van der Waals surface area (Å²) in [6.07, 6.45) is 0. The summed E-state index contributed by atoms with van der Waals surface area (Å²) in [6, 6.07) is 16.2. The molecule has 1 nitrogen and oxygen atoms in total. The smallest absolute Gasteiger partial charge is 0.0493 e. The summed E-state index contributed by atoms with van der Waals surface area (Å²) in [4.78, 5) is 0. The van der Waals surface area contributed by atoms with Gasteiger partial charge in [0, 0.05) is 31.8 Å². The molecule has 0 aliphatic heterocycles. The monoisotopic (exact) mass is 363 g/mol. The van der Waals surface area contributed by atoms with E-state index in [0.29, 0.717) is 0 Å². The van der Waals surface area contributed by atoms with E-state index in [4.69, 9.17) is 11.6 Å². The van der Waals surface area contributed by atoms with Crippen molar-refractivity contribution in [3.63, 3.8) is 0 Å². The van der Waals surface area contributed by atoms with E-state index in [1.807, 2.05) is 30.3 Å². The number of hydrogen-bond acceptors (Lipinski definition) is 2. The summed E-state index contributed by atoms with van der Waals surface area (Å²) >= 11 is 11.2. The van der Waals surface area contributed by atoms with Crippen LogP contribution in [0.3, 0.4) is 0 Å². The van der Waals surface area contributed by atoms with E-state index in [1.165, 1.54) is 0 Å². The summed E-state index contributed by atoms with van der Waals surface area (Å²) in [6.45, 7) is 0. The highest BCUT2D eigenvalue weighted by molar-refractivity contribution is 9.10. The summed E-state index contributed by atoms with van der Waals surface area (Å²) in [5.74, 6) is 0. The van der Waals surface area contributed by atoms with Crippen molar-refractivity contribution in [3.05, 3.63) is 68.8 Å². The van der Waals surface area contributed by atoms with Crippen molar-refractivity contribution in [2.45, 2.75) is 0 Å². The molecule has 3 rings (SSSR count). The average molecular weight is 365 g/mol. The Bertz CT molecular complexity index is 708. The number of rotatable bonds is 3. The van der Waals surface area contributed by atoms with E-state index in [9.17, 15) is 0 Å². The van der Waals surface area contributed by atoms with Crippen molar-refractivity contribution in [2.24, 2.45) is 0 Å². The lowest BCUT2D eigenvalue weighted by Gasteiger charge is -2.12. The third-order valence-corrected chi connectivity index (χ3v) is 4.37. The molecule has 0 fully saturated rings. The maximum Gasteiger partial charge on any atom is 0.0493 e. The SMILES string of the molecule is Clc1ccc(-c2cc(Br)ccc2Nc2ccsc2)cc1. The van der Waals surface area contributed by atoms with Crippen molar-refractivity contribution in [1.82, 2.24) is 0 Å². The molecular formula is C16H11BrClNS. The van der Waals surface area contributed by atoms with Crippen molar-refractivity contribution < 1.29 is 0 Å². The van der Waals surface area contributed by atoms with Crippen LogP contribution >= 0.6 is 38.9 Å². The fraction of sp³-hybridized carbons (Fsp3) is 0. The minimum absolute atomic E-state index is 0.746. The maximum absolute atomic E-state index is 5.96. The quantitative estimate of drug-likeness (QED) is 0.554. The van der Waals surface area contributed by atoms with Crippen LogP contribution < -0.4 is 5.32 Å². The van der Waals surface area contributed by atoms with Crippen LogP contribution in [0.2, 0.25) is 5.02 Å². The molecule has 0 spiro atoms. The van der Waals surface area contributed by atoms with E-state index < -0.39 is 0 Å². The number of halogens is 2. The van der Waals surface area contributed by atoms with Crippen molar-refractivity contribution >= 4 is 50.2 Å². The summed E-state index contributed by atoms with van der Waals surface area (Å²) in [5.41, 5.74) is 4.46. The first-order valence-electron chi connectivity index (χ1n) is 6.07. The van der Waals surface area contributed by atoms with Crippen LogP contribution in [0.1, 0.15) is 0 Å². The Morgan fingerprint density at radius 3 is 2.50 bits per heavy atom. The van der Waals surface area contributed by atoms with Gasteiger partial charge in [0.15, 0.2) is 0 Å². The lowest BCUT2D eigenvalue weighted by Crippen LogP contribution is -1.92. The number of hydrogen-bond donors (Lipinski definition) is 1. The van der Waals surface area contributed by atoms with Crippen LogP contribution in [0.15, 0.2) is 63.8 Å². The third-order valence-electron chi connectivity index (χ3n) is 2.94. The van der Waals surface area contributed by atoms with Crippen molar-refractivity contribution in [2.75, 3.05) is 5.32 Å². The van der Waals surface area contributed by atoms with E-state index in [2.05, 4.69) is 50.2 Å². The molecule has 0 saturated carbocycles. The molecule has 0 amide bonds. The fourth-order valence-electron chi connectivity index (χ4n) is 1.98. The molecule has 1 aromatic heterocycles. The minimum Gasteiger partial charge on any atom is -0.354 e. The Labute approximate surface area is 135 Å². The lowest BCUT2D eigenvalue weighted by molar-refractivity contribution is 1.54. The molecule has 0 atom stereocenters. The highest BCUT2D eigenvalue weighted by Crippen LogP contribution is 2.33. The maximum atomic E-state index is 5.96. The molecule has 3 aromatic rings. The standard InChI is InChI=1S/C16H11BrClNS/c17-12-3-6-16(19-14-7-8-20-10-14)15(9-12)11-1-4-13(18)5-2-11/h1-10,19H. The second-order valence-electron chi connectivity index (χ2n) is 4.33. The van der Waals surface area contributed by atoms with E-state index in [1.54, 1.807) is 11.3 Å². The Morgan fingerprint density at radius 2 is 1.80 bits per heavy atom. The zero-order valence-electron chi connectivity index (χ0n) is 10.4. The van der Waals surface area contributed by atoms with Gasteiger partial charge in [0.2, 0.25) is 0 Å². The first-order chi connectivity index (χ1) is 9.72. The third kappa shape index (κ3) is 3.06. The molecule has 0 bridgehead atoms. The van der Waals surface area contributed by atoms with Gasteiger partial charge in [0.25, 0.3) is 0 Å². The minimum atomic E-state index is 0.746. The van der Waals surface area contributed by atoms with E-state index in [-0.39, 0.29) is 0 Å². The normalized spacial score (nSPS) is 10.5. The molecule has 0 aliphatic rings. The first kappa shape index (κ1) is 13.7. The molecular weight excluding hydrogens is 354 g/mol. The number of benzene rings is 2. The lowest BCUT2D eigenvalue weighted by atomic mass is 10.0. The predicted octanol–water partition coefficient (Wildman–Crippen LogP) is 6.57. The van der Waals surface area contributed by atoms with Crippen LogP contribution in [0.25, 0.3) is 11.1 Å². The summed E-state index contributed by atoms with van der Waals surface area (Å²) in [5, 5.41) is 8.35. The van der Waals surface area contributed by atoms with Gasteiger partial charge in [-0.1, -0.05) is 39.7 Å². The molecule has 0 unspecified atom stereocenters. The predicted molar refractivity (Wildman–Crippen MR) is 92.2 cm³/mol. The van der Waals surface area contributed by atoms with Gasteiger partial charge in [-0.25, -0.2) is 0 Å². The number of thiophene rings is 1. The Kier molecular flexibility index (Phi) is 4.10. The van der Waals surface area contributed by atoms with Gasteiger partial charge in [0.05, 0.1) is 0 Å². The zero-order valence-corrected chi connectivity index (χ0v) is 13.6. The molecule has 100 valence electrons. The van der Waals surface area contributed by atoms with Crippen LogP contribution in [0, 0.1) is 0 Å². The van der Waals surface area contributed by atoms with Gasteiger partial charge in [0.1, 0.15) is 0 Å². The largest absolute Gasteiger partial charge is 0.354 e. The van der Waals surface area contributed by atoms with Crippen LogP contribution in [0.4, 0.5) is 11.4 Å². The topological polar surface area (TPSA) is 12.0 Å². The Morgan fingerprint density at radius 1 is 1.00 bits per heavy atom. The Hall–Kier alpha value is -1.29. The molecule has 0 saturated heterocycles. The molecule has 2 aromatic carbocycles. The Balaban J connectivity index is 2.04. The molecule has 1 heterocycles. The van der Waals surface area contributed by atoms with E-state index >= 15 is 0 Å². The van der Waals surface area contributed by atoms with Crippen molar-refractivity contribution in [3.8, 4) is 11.1 Å². The molecule has 0 radical (unpaired) electrons. The number of anilines is 2. The van der Waals surface area contributed by atoms with Gasteiger partial charge >= 0.3 is 0 Å². The average Bonchev–Trinajstić information content (AvgIpc) is 2.95. The molecule has 4 heteroatoms. The first-order valence-corrected chi connectivity index (χ1v) is 8.18. The highest BCUT2D eigenvalue weighted by atomic mass is 79.9. The zero-order chi connectivity index (χ0) is 13.9. The summed E-state index contributed by atoms with van der Waals surface area (Å²) < 4.78 is 1.05. The van der Waals surface area contributed by atoms with Gasteiger partial charge in [-0.15, -0.1) is 0 Å². The molecule has 1 N–H and O–H groups in total. The van der Waals surface area contributed by atoms with Crippen LogP contribution in [-0.4, -0.2) is 0 Å². The van der Waals surface area contributed by atoms with Crippen LogP contribution in [0.5, 0.6) is 0 Å². The molecule has 20 heavy (non-hydrogen) atoms. The second-order valence-corrected chi connectivity index (χ2v) is 6.47. The fourth-order valence-corrected chi connectivity index (χ4v) is 3.06. The highest BCUT2D eigenvalue weighted by Gasteiger charge is 2.07. The molecule has 0 aliphatic carbocycles. The van der Waals surface area contributed by atoms with Gasteiger partial charge in [-0.05, 0) is 47.3 Å². The van der Waals surface area contributed by atoms with Crippen LogP contribution in [-0.2, 0) is 0 Å². The second kappa shape index (κ2) is 6.00. The summed E-state index contributed by atoms with van der Waals surface area (Å²) in [7, 11) is 0. The number of nitrogens with one attached hydrogen (secondary N) is 1. The van der Waals surface area contributed by atoms with Crippen molar-refractivity contribution in [1.29, 1.82) is 0 Å². The van der Waals surface area contributed by atoms with Gasteiger partial charge < -0.3 is 5.32 Å².